The van der Waals surface area contributed by atoms with E-state index in [4.69, 9.17) is 0 Å². The van der Waals surface area contributed by atoms with E-state index in [1.807, 2.05) is 29.2 Å². The van der Waals surface area contributed by atoms with Crippen LogP contribution in [-0.2, 0) is 16.0 Å². The lowest BCUT2D eigenvalue weighted by Gasteiger charge is -2.38. The number of carbonyl (C=O) groups is 2. The van der Waals surface area contributed by atoms with Crippen LogP contribution in [0.3, 0.4) is 0 Å². The van der Waals surface area contributed by atoms with E-state index >= 15 is 0 Å². The monoisotopic (exact) mass is 381 g/mol. The Morgan fingerprint density at radius 3 is 2.21 bits per heavy atom. The van der Waals surface area contributed by atoms with Crippen LogP contribution in [0.15, 0.2) is 42.7 Å². The van der Waals surface area contributed by atoms with Crippen molar-refractivity contribution in [2.24, 2.45) is 5.41 Å². The third-order valence-corrected chi connectivity index (χ3v) is 5.12. The summed E-state index contributed by atoms with van der Waals surface area (Å²) < 4.78 is 0. The molecule has 0 radical (unpaired) electrons. The molecule has 0 saturated carbocycles. The zero-order chi connectivity index (χ0) is 20.1. The van der Waals surface area contributed by atoms with Gasteiger partial charge in [0, 0.05) is 44.3 Å². The Hall–Kier alpha value is -2.96. The molecule has 1 N–H and O–H groups in total. The van der Waals surface area contributed by atoms with E-state index < -0.39 is 5.41 Å². The lowest BCUT2D eigenvalue weighted by atomic mass is 9.89. The predicted molar refractivity (Wildman–Crippen MR) is 109 cm³/mol. The number of amides is 2. The molecule has 1 aromatic carbocycles. The summed E-state index contributed by atoms with van der Waals surface area (Å²) in [6.45, 7) is 7.81. The highest BCUT2D eigenvalue weighted by atomic mass is 16.2. The molecular formula is C21H27N5O2. The van der Waals surface area contributed by atoms with Crippen LogP contribution in [0.4, 0.5) is 11.6 Å². The van der Waals surface area contributed by atoms with Crippen LogP contribution < -0.4 is 10.2 Å². The van der Waals surface area contributed by atoms with Gasteiger partial charge < -0.3 is 15.1 Å². The zero-order valence-electron chi connectivity index (χ0n) is 16.7. The number of hydrogen-bond acceptors (Lipinski definition) is 5. The number of benzene rings is 1. The molecule has 1 aliphatic rings. The predicted octanol–water partition coefficient (Wildman–Crippen LogP) is 2.35. The van der Waals surface area contributed by atoms with Crippen molar-refractivity contribution in [2.45, 2.75) is 27.2 Å². The number of nitrogens with one attached hydrogen (secondary N) is 1. The van der Waals surface area contributed by atoms with Crippen LogP contribution in [0.5, 0.6) is 0 Å². The second-order valence-corrected chi connectivity index (χ2v) is 7.46. The molecule has 1 fully saturated rings. The van der Waals surface area contributed by atoms with E-state index in [0.29, 0.717) is 37.8 Å². The van der Waals surface area contributed by atoms with Gasteiger partial charge >= 0.3 is 0 Å². The molecule has 7 heteroatoms. The van der Waals surface area contributed by atoms with Gasteiger partial charge in [0.25, 0.3) is 0 Å². The van der Waals surface area contributed by atoms with Crippen molar-refractivity contribution in [1.82, 2.24) is 14.9 Å². The number of carbonyl (C=O) groups excluding carboxylic acids is 2. The van der Waals surface area contributed by atoms with Crippen molar-refractivity contribution in [3.8, 4) is 0 Å². The summed E-state index contributed by atoms with van der Waals surface area (Å²) in [5, 5.41) is 2.87. The molecule has 7 nitrogen and oxygen atoms in total. The molecule has 2 heterocycles. The van der Waals surface area contributed by atoms with Crippen molar-refractivity contribution in [2.75, 3.05) is 36.4 Å². The van der Waals surface area contributed by atoms with E-state index in [0.717, 1.165) is 6.42 Å². The fraction of sp³-hybridized carbons (Fsp3) is 0.429. The summed E-state index contributed by atoms with van der Waals surface area (Å²) in [5.74, 6) is 0.210. The summed E-state index contributed by atoms with van der Waals surface area (Å²) in [6, 6.07) is 9.48. The number of hydrogen-bond donors (Lipinski definition) is 1. The largest absolute Gasteiger partial charge is 0.338 e. The average molecular weight is 381 g/mol. The number of aryl methyl sites for hydroxylation is 1. The number of piperazine rings is 1. The first-order valence-electron chi connectivity index (χ1n) is 9.63. The van der Waals surface area contributed by atoms with E-state index in [2.05, 4.69) is 22.2 Å². The lowest BCUT2D eigenvalue weighted by molar-refractivity contribution is -0.146. The highest BCUT2D eigenvalue weighted by Gasteiger charge is 2.40. The van der Waals surface area contributed by atoms with Crippen molar-refractivity contribution < 1.29 is 9.59 Å². The maximum atomic E-state index is 13.0. The Kier molecular flexibility index (Phi) is 5.92. The molecule has 0 spiro atoms. The minimum absolute atomic E-state index is 0.163. The van der Waals surface area contributed by atoms with Gasteiger partial charge in [-0.05, 0) is 44.0 Å². The van der Waals surface area contributed by atoms with Gasteiger partial charge in [0.2, 0.25) is 17.8 Å². The topological polar surface area (TPSA) is 78.4 Å². The van der Waals surface area contributed by atoms with Crippen molar-refractivity contribution in [3.05, 3.63) is 48.3 Å². The van der Waals surface area contributed by atoms with Gasteiger partial charge in [-0.25, -0.2) is 9.97 Å². The number of rotatable bonds is 5. The quantitative estimate of drug-likeness (QED) is 0.805. The van der Waals surface area contributed by atoms with Crippen LogP contribution in [0.2, 0.25) is 0 Å². The second-order valence-electron chi connectivity index (χ2n) is 7.46. The Morgan fingerprint density at radius 1 is 1.04 bits per heavy atom. The third-order valence-electron chi connectivity index (χ3n) is 5.12. The van der Waals surface area contributed by atoms with Gasteiger partial charge in [-0.1, -0.05) is 19.1 Å². The van der Waals surface area contributed by atoms with Crippen LogP contribution >= 0.6 is 0 Å². The lowest BCUT2D eigenvalue weighted by Crippen LogP contribution is -2.54. The Labute approximate surface area is 165 Å². The molecule has 3 rings (SSSR count). The molecule has 2 amide bonds. The first kappa shape index (κ1) is 19.8. The molecule has 0 atom stereocenters. The van der Waals surface area contributed by atoms with Gasteiger partial charge in [0.1, 0.15) is 5.41 Å². The maximum Gasteiger partial charge on any atom is 0.239 e. The second kappa shape index (κ2) is 8.37. The van der Waals surface area contributed by atoms with E-state index in [-0.39, 0.29) is 11.8 Å². The number of aromatic nitrogens is 2. The molecule has 1 saturated heterocycles. The van der Waals surface area contributed by atoms with Crippen molar-refractivity contribution in [3.63, 3.8) is 0 Å². The zero-order valence-corrected chi connectivity index (χ0v) is 16.7. The van der Waals surface area contributed by atoms with E-state index in [9.17, 15) is 9.59 Å². The first-order valence-corrected chi connectivity index (χ1v) is 9.63. The molecule has 1 aromatic heterocycles. The molecule has 28 heavy (non-hydrogen) atoms. The fourth-order valence-electron chi connectivity index (χ4n) is 3.17. The number of anilines is 2. The minimum atomic E-state index is -1.14. The molecule has 2 aromatic rings. The maximum absolute atomic E-state index is 13.0. The van der Waals surface area contributed by atoms with Gasteiger partial charge in [-0.2, -0.15) is 0 Å². The molecule has 1 aliphatic heterocycles. The van der Waals surface area contributed by atoms with Crippen LogP contribution in [0, 0.1) is 5.41 Å². The summed E-state index contributed by atoms with van der Waals surface area (Å²) in [4.78, 5) is 38.1. The molecule has 0 bridgehead atoms. The Morgan fingerprint density at radius 2 is 1.64 bits per heavy atom. The molecule has 0 aliphatic carbocycles. The Bertz CT molecular complexity index is 812. The standard InChI is InChI=1S/C21H27N5O2/c1-4-16-6-8-17(9-7-16)24-18(27)21(2,3)19(28)25-12-14-26(15-13-25)20-22-10-5-11-23-20/h5-11H,4,12-15H2,1-3H3,(H,24,27). The van der Waals surface area contributed by atoms with Crippen molar-refractivity contribution in [1.29, 1.82) is 0 Å². The minimum Gasteiger partial charge on any atom is -0.338 e. The highest BCUT2D eigenvalue weighted by Crippen LogP contribution is 2.23. The smallest absolute Gasteiger partial charge is 0.239 e. The van der Waals surface area contributed by atoms with Crippen LogP contribution in [-0.4, -0.2) is 52.9 Å². The van der Waals surface area contributed by atoms with Crippen LogP contribution in [0.1, 0.15) is 26.3 Å². The fourth-order valence-corrected chi connectivity index (χ4v) is 3.17. The Balaban J connectivity index is 1.59. The molecular weight excluding hydrogens is 354 g/mol. The normalized spacial score (nSPS) is 14.7. The van der Waals surface area contributed by atoms with Crippen LogP contribution in [0.25, 0.3) is 0 Å². The van der Waals surface area contributed by atoms with E-state index in [1.165, 1.54) is 5.56 Å². The van der Waals surface area contributed by atoms with Crippen molar-refractivity contribution >= 4 is 23.5 Å². The molecule has 148 valence electrons. The van der Waals surface area contributed by atoms with Gasteiger partial charge in [-0.15, -0.1) is 0 Å². The highest BCUT2D eigenvalue weighted by molar-refractivity contribution is 6.09. The first-order chi connectivity index (χ1) is 13.4. The SMILES string of the molecule is CCc1ccc(NC(=O)C(C)(C)C(=O)N2CCN(c3ncccn3)CC2)cc1. The van der Waals surface area contributed by atoms with Gasteiger partial charge in [0.15, 0.2) is 0 Å². The molecule has 0 unspecified atom stereocenters. The van der Waals surface area contributed by atoms with Gasteiger partial charge in [0.05, 0.1) is 0 Å². The summed E-state index contributed by atoms with van der Waals surface area (Å²) in [5.41, 5.74) is 0.761. The van der Waals surface area contributed by atoms with E-state index in [1.54, 1.807) is 37.2 Å². The summed E-state index contributed by atoms with van der Waals surface area (Å²) in [7, 11) is 0. The summed E-state index contributed by atoms with van der Waals surface area (Å²) in [6.07, 6.45) is 4.36. The third kappa shape index (κ3) is 4.30. The number of nitrogens with zero attached hydrogens (tertiary/aromatic N) is 4. The van der Waals surface area contributed by atoms with Gasteiger partial charge in [-0.3, -0.25) is 9.59 Å². The summed E-state index contributed by atoms with van der Waals surface area (Å²) >= 11 is 0. The average Bonchev–Trinajstić information content (AvgIpc) is 2.74.